The molecule has 18 heavy (non-hydrogen) atoms. The second-order valence-corrected chi connectivity index (χ2v) is 4.99. The minimum atomic E-state index is -0.361. The maximum atomic E-state index is 11.4. The molecule has 0 amide bonds. The number of thioether (sulfide) groups is 1. The van der Waals surface area contributed by atoms with Gasteiger partial charge in [-0.2, -0.15) is 11.8 Å². The lowest BCUT2D eigenvalue weighted by molar-refractivity contribution is -0.145. The third-order valence-corrected chi connectivity index (χ3v) is 3.15. The van der Waals surface area contributed by atoms with Crippen LogP contribution in [0.4, 0.5) is 5.69 Å². The van der Waals surface area contributed by atoms with Gasteiger partial charge in [0.05, 0.1) is 12.3 Å². The first-order valence-corrected chi connectivity index (χ1v) is 7.10. The van der Waals surface area contributed by atoms with Gasteiger partial charge in [-0.3, -0.25) is 0 Å². The summed E-state index contributed by atoms with van der Waals surface area (Å²) in [6.07, 6.45) is 0.873. The monoisotopic (exact) mass is 269 g/mol. The molecule has 0 aromatic heterocycles. The second-order valence-electron chi connectivity index (χ2n) is 3.60. The molecule has 5 heteroatoms. The minimum Gasteiger partial charge on any atom is -0.480 e. The van der Waals surface area contributed by atoms with Crippen LogP contribution in [0.1, 0.15) is 13.3 Å². The summed E-state index contributed by atoms with van der Waals surface area (Å²) >= 11 is 1.83. The molecular weight excluding hydrogens is 250 g/mol. The first-order chi connectivity index (χ1) is 8.74. The SMILES string of the molecule is CCSCCCOC(=O)COc1ccccc1N. The van der Waals surface area contributed by atoms with Gasteiger partial charge in [0.2, 0.25) is 0 Å². The normalized spacial score (nSPS) is 10.1. The fourth-order valence-corrected chi connectivity index (χ4v) is 1.89. The van der Waals surface area contributed by atoms with E-state index in [1.807, 2.05) is 17.8 Å². The summed E-state index contributed by atoms with van der Waals surface area (Å²) in [5.41, 5.74) is 6.20. The number of para-hydroxylation sites is 2. The second kappa shape index (κ2) is 8.69. The number of hydrogen-bond acceptors (Lipinski definition) is 5. The van der Waals surface area contributed by atoms with Crippen molar-refractivity contribution in [2.24, 2.45) is 0 Å². The summed E-state index contributed by atoms with van der Waals surface area (Å²) in [5, 5.41) is 0. The van der Waals surface area contributed by atoms with E-state index >= 15 is 0 Å². The van der Waals surface area contributed by atoms with Crippen molar-refractivity contribution in [3.63, 3.8) is 0 Å². The van der Waals surface area contributed by atoms with E-state index in [9.17, 15) is 4.79 Å². The molecule has 0 fully saturated rings. The highest BCUT2D eigenvalue weighted by atomic mass is 32.2. The zero-order valence-electron chi connectivity index (χ0n) is 10.6. The Labute approximate surface area is 112 Å². The van der Waals surface area contributed by atoms with Crippen LogP contribution in [-0.4, -0.2) is 30.7 Å². The van der Waals surface area contributed by atoms with Gasteiger partial charge >= 0.3 is 5.97 Å². The maximum Gasteiger partial charge on any atom is 0.344 e. The van der Waals surface area contributed by atoms with E-state index in [-0.39, 0.29) is 12.6 Å². The van der Waals surface area contributed by atoms with Crippen molar-refractivity contribution < 1.29 is 14.3 Å². The van der Waals surface area contributed by atoms with Crippen molar-refractivity contribution in [1.29, 1.82) is 0 Å². The summed E-state index contributed by atoms with van der Waals surface area (Å²) < 4.78 is 10.3. The Hall–Kier alpha value is -1.36. The number of hydrogen-bond donors (Lipinski definition) is 1. The molecule has 0 aliphatic carbocycles. The molecule has 1 rings (SSSR count). The van der Waals surface area contributed by atoms with E-state index < -0.39 is 0 Å². The van der Waals surface area contributed by atoms with Gasteiger partial charge in [0.1, 0.15) is 5.75 Å². The Morgan fingerprint density at radius 2 is 2.17 bits per heavy atom. The number of carbonyl (C=O) groups is 1. The number of ether oxygens (including phenoxy) is 2. The van der Waals surface area contributed by atoms with Crippen molar-refractivity contribution in [2.75, 3.05) is 30.5 Å². The number of benzene rings is 1. The summed E-state index contributed by atoms with van der Waals surface area (Å²) in [6.45, 7) is 2.45. The van der Waals surface area contributed by atoms with Crippen molar-refractivity contribution >= 4 is 23.4 Å². The molecule has 0 aliphatic rings. The molecule has 0 unspecified atom stereocenters. The Kier molecular flexibility index (Phi) is 7.10. The van der Waals surface area contributed by atoms with Gasteiger partial charge in [-0.05, 0) is 30.1 Å². The fourth-order valence-electron chi connectivity index (χ4n) is 1.28. The Bertz CT molecular complexity index is 371. The standard InChI is InChI=1S/C13H19NO3S/c1-2-18-9-5-8-16-13(15)10-17-12-7-4-3-6-11(12)14/h3-4,6-7H,2,5,8-10,14H2,1H3. The van der Waals surface area contributed by atoms with Gasteiger partial charge in [-0.25, -0.2) is 4.79 Å². The lowest BCUT2D eigenvalue weighted by atomic mass is 10.3. The molecule has 1 aromatic carbocycles. The smallest absolute Gasteiger partial charge is 0.344 e. The highest BCUT2D eigenvalue weighted by Crippen LogP contribution is 2.19. The number of nitrogens with two attached hydrogens (primary N) is 1. The topological polar surface area (TPSA) is 61.5 Å². The van der Waals surface area contributed by atoms with E-state index in [2.05, 4.69) is 6.92 Å². The number of anilines is 1. The minimum absolute atomic E-state index is 0.102. The first kappa shape index (κ1) is 14.7. The Balaban J connectivity index is 2.15. The zero-order chi connectivity index (χ0) is 13.2. The molecule has 4 nitrogen and oxygen atoms in total. The van der Waals surface area contributed by atoms with Crippen LogP contribution in [0.15, 0.2) is 24.3 Å². The van der Waals surface area contributed by atoms with Crippen molar-refractivity contribution in [2.45, 2.75) is 13.3 Å². The van der Waals surface area contributed by atoms with Crippen molar-refractivity contribution in [3.05, 3.63) is 24.3 Å². The highest BCUT2D eigenvalue weighted by molar-refractivity contribution is 7.99. The van der Waals surface area contributed by atoms with E-state index in [0.717, 1.165) is 17.9 Å². The third kappa shape index (κ3) is 5.82. The van der Waals surface area contributed by atoms with Crippen LogP contribution < -0.4 is 10.5 Å². The molecule has 0 bridgehead atoms. The number of carbonyl (C=O) groups excluding carboxylic acids is 1. The number of rotatable bonds is 8. The average Bonchev–Trinajstić information content (AvgIpc) is 2.37. The van der Waals surface area contributed by atoms with Crippen LogP contribution in [0.25, 0.3) is 0 Å². The zero-order valence-corrected chi connectivity index (χ0v) is 11.4. The molecule has 0 atom stereocenters. The van der Waals surface area contributed by atoms with Crippen molar-refractivity contribution in [1.82, 2.24) is 0 Å². The van der Waals surface area contributed by atoms with Gasteiger partial charge in [-0.15, -0.1) is 0 Å². The predicted octanol–water partition coefficient (Wildman–Crippen LogP) is 2.33. The summed E-state index contributed by atoms with van der Waals surface area (Å²) in [4.78, 5) is 11.4. The molecule has 0 spiro atoms. The van der Waals surface area contributed by atoms with Gasteiger partial charge in [0.15, 0.2) is 6.61 Å². The summed E-state index contributed by atoms with van der Waals surface area (Å²) in [6, 6.07) is 7.06. The summed E-state index contributed by atoms with van der Waals surface area (Å²) in [5.74, 6) is 2.25. The molecule has 1 aromatic rings. The van der Waals surface area contributed by atoms with Gasteiger partial charge in [0.25, 0.3) is 0 Å². The molecular formula is C13H19NO3S. The van der Waals surface area contributed by atoms with Crippen LogP contribution in [0.2, 0.25) is 0 Å². The quantitative estimate of drug-likeness (QED) is 0.446. The first-order valence-electron chi connectivity index (χ1n) is 5.94. The van der Waals surface area contributed by atoms with Crippen LogP contribution in [-0.2, 0) is 9.53 Å². The molecule has 0 saturated carbocycles. The third-order valence-electron chi connectivity index (χ3n) is 2.16. The molecule has 100 valence electrons. The van der Waals surface area contributed by atoms with Gasteiger partial charge < -0.3 is 15.2 Å². The van der Waals surface area contributed by atoms with Crippen molar-refractivity contribution in [3.8, 4) is 5.75 Å². The van der Waals surface area contributed by atoms with Crippen LogP contribution in [0.3, 0.4) is 0 Å². The molecule has 0 aliphatic heterocycles. The molecule has 2 N–H and O–H groups in total. The van der Waals surface area contributed by atoms with E-state index in [4.69, 9.17) is 15.2 Å². The molecule has 0 saturated heterocycles. The lowest BCUT2D eigenvalue weighted by Gasteiger charge is -2.08. The van der Waals surface area contributed by atoms with E-state index in [1.165, 1.54) is 0 Å². The Morgan fingerprint density at radius 3 is 2.89 bits per heavy atom. The Morgan fingerprint density at radius 1 is 1.39 bits per heavy atom. The largest absolute Gasteiger partial charge is 0.480 e. The molecule has 0 radical (unpaired) electrons. The number of nitrogen functional groups attached to an aromatic ring is 1. The van der Waals surface area contributed by atoms with E-state index in [0.29, 0.717) is 18.0 Å². The van der Waals surface area contributed by atoms with Crippen LogP contribution in [0.5, 0.6) is 5.75 Å². The number of esters is 1. The van der Waals surface area contributed by atoms with Crippen LogP contribution in [0, 0.1) is 0 Å². The van der Waals surface area contributed by atoms with Gasteiger partial charge in [-0.1, -0.05) is 19.1 Å². The lowest BCUT2D eigenvalue weighted by Crippen LogP contribution is -2.16. The maximum absolute atomic E-state index is 11.4. The fraction of sp³-hybridized carbons (Fsp3) is 0.462. The average molecular weight is 269 g/mol. The highest BCUT2D eigenvalue weighted by Gasteiger charge is 2.05. The van der Waals surface area contributed by atoms with Gasteiger partial charge in [0, 0.05) is 0 Å². The van der Waals surface area contributed by atoms with Crippen LogP contribution >= 0.6 is 11.8 Å². The predicted molar refractivity (Wildman–Crippen MR) is 74.9 cm³/mol. The summed E-state index contributed by atoms with van der Waals surface area (Å²) in [7, 11) is 0. The van der Waals surface area contributed by atoms with E-state index in [1.54, 1.807) is 18.2 Å². The molecule has 0 heterocycles.